The molecule has 1 aromatic carbocycles. The normalized spacial score (nSPS) is 10.3. The molecule has 0 bridgehead atoms. The largest absolute Gasteiger partial charge is 0.320 e. The van der Waals surface area contributed by atoms with Gasteiger partial charge in [-0.1, -0.05) is 37.6 Å². The van der Waals surface area contributed by atoms with E-state index in [0.29, 0.717) is 10.7 Å². The van der Waals surface area contributed by atoms with Crippen molar-refractivity contribution in [1.82, 2.24) is 4.98 Å². The molecule has 1 amide bonds. The lowest BCUT2D eigenvalue weighted by Crippen LogP contribution is -2.16. The number of halogens is 1. The van der Waals surface area contributed by atoms with E-state index in [9.17, 15) is 4.79 Å². The minimum atomic E-state index is -0.211. The number of carbonyl (C=O) groups excluding carboxylic acids is 1. The summed E-state index contributed by atoms with van der Waals surface area (Å²) in [5, 5.41) is 3.63. The summed E-state index contributed by atoms with van der Waals surface area (Å²) < 4.78 is 0. The molecule has 20 heavy (non-hydrogen) atoms. The van der Waals surface area contributed by atoms with Gasteiger partial charge in [-0.3, -0.25) is 9.78 Å². The Labute approximate surface area is 124 Å². The van der Waals surface area contributed by atoms with E-state index in [-0.39, 0.29) is 5.91 Å². The third-order valence-electron chi connectivity index (χ3n) is 3.21. The van der Waals surface area contributed by atoms with Gasteiger partial charge in [0.05, 0.1) is 0 Å². The van der Waals surface area contributed by atoms with Gasteiger partial charge in [-0.05, 0) is 42.2 Å². The van der Waals surface area contributed by atoms with Crippen LogP contribution in [0.5, 0.6) is 0 Å². The molecule has 0 aliphatic rings. The molecule has 0 aliphatic carbocycles. The zero-order chi connectivity index (χ0) is 14.5. The van der Waals surface area contributed by atoms with E-state index >= 15 is 0 Å². The van der Waals surface area contributed by atoms with Crippen molar-refractivity contribution in [2.75, 3.05) is 5.32 Å². The molecule has 104 valence electrons. The first-order valence-corrected chi connectivity index (χ1v) is 7.07. The van der Waals surface area contributed by atoms with Crippen LogP contribution in [-0.4, -0.2) is 10.9 Å². The Morgan fingerprint density at radius 3 is 2.60 bits per heavy atom. The van der Waals surface area contributed by atoms with Crippen LogP contribution < -0.4 is 5.32 Å². The number of rotatable bonds is 4. The van der Waals surface area contributed by atoms with Crippen LogP contribution in [0.4, 0.5) is 5.69 Å². The number of hydrogen-bond donors (Lipinski definition) is 1. The third-order valence-corrected chi connectivity index (χ3v) is 3.57. The van der Waals surface area contributed by atoms with Crippen LogP contribution >= 0.6 is 11.6 Å². The van der Waals surface area contributed by atoms with Crippen molar-refractivity contribution in [3.05, 3.63) is 58.4 Å². The highest BCUT2D eigenvalue weighted by Gasteiger charge is 2.14. The molecule has 3 nitrogen and oxygen atoms in total. The quantitative estimate of drug-likeness (QED) is 0.920. The monoisotopic (exact) mass is 288 g/mol. The Morgan fingerprint density at radius 2 is 2.00 bits per heavy atom. The predicted molar refractivity (Wildman–Crippen MR) is 82.4 cm³/mol. The topological polar surface area (TPSA) is 42.0 Å². The van der Waals surface area contributed by atoms with Crippen molar-refractivity contribution in [2.45, 2.75) is 26.7 Å². The number of anilines is 1. The molecule has 0 saturated heterocycles. The molecule has 1 N–H and O–H groups in total. The van der Waals surface area contributed by atoms with Gasteiger partial charge in [0.15, 0.2) is 0 Å². The van der Waals surface area contributed by atoms with E-state index in [1.54, 1.807) is 24.4 Å². The number of hydrogen-bond acceptors (Lipinski definition) is 2. The fraction of sp³-hybridized carbons (Fsp3) is 0.250. The number of benzene rings is 1. The van der Waals surface area contributed by atoms with Gasteiger partial charge in [0, 0.05) is 16.9 Å². The lowest BCUT2D eigenvalue weighted by Gasteiger charge is -2.15. The lowest BCUT2D eigenvalue weighted by atomic mass is 10.0. The van der Waals surface area contributed by atoms with Crippen molar-refractivity contribution in [2.24, 2.45) is 0 Å². The molecule has 0 saturated carbocycles. The SMILES string of the molecule is CCc1ccc(Cl)c(CC)c1NC(=O)c1ccccn1. The molecular weight excluding hydrogens is 272 g/mol. The lowest BCUT2D eigenvalue weighted by molar-refractivity contribution is 0.102. The van der Waals surface area contributed by atoms with E-state index in [1.807, 2.05) is 19.1 Å². The number of carbonyl (C=O) groups is 1. The highest BCUT2D eigenvalue weighted by molar-refractivity contribution is 6.32. The fourth-order valence-electron chi connectivity index (χ4n) is 2.14. The molecule has 0 fully saturated rings. The van der Waals surface area contributed by atoms with E-state index < -0.39 is 0 Å². The second kappa shape index (κ2) is 6.53. The molecule has 2 aromatic rings. The van der Waals surface area contributed by atoms with Gasteiger partial charge in [-0.2, -0.15) is 0 Å². The standard InChI is InChI=1S/C16H17ClN2O/c1-3-11-8-9-13(17)12(4-2)15(11)19-16(20)14-7-5-6-10-18-14/h5-10H,3-4H2,1-2H3,(H,19,20). The first-order valence-electron chi connectivity index (χ1n) is 6.70. The number of nitrogens with one attached hydrogen (secondary N) is 1. The van der Waals surface area contributed by atoms with Crippen molar-refractivity contribution in [3.63, 3.8) is 0 Å². The summed E-state index contributed by atoms with van der Waals surface area (Å²) in [4.78, 5) is 16.3. The van der Waals surface area contributed by atoms with Crippen LogP contribution in [0.15, 0.2) is 36.5 Å². The van der Waals surface area contributed by atoms with Crippen LogP contribution in [0.25, 0.3) is 0 Å². The first kappa shape index (κ1) is 14.5. The van der Waals surface area contributed by atoms with E-state index in [4.69, 9.17) is 11.6 Å². The summed E-state index contributed by atoms with van der Waals surface area (Å²) in [7, 11) is 0. The zero-order valence-corrected chi connectivity index (χ0v) is 12.4. The van der Waals surface area contributed by atoms with Gasteiger partial charge < -0.3 is 5.32 Å². The van der Waals surface area contributed by atoms with Crippen LogP contribution in [0.3, 0.4) is 0 Å². The fourth-order valence-corrected chi connectivity index (χ4v) is 2.43. The Kier molecular flexibility index (Phi) is 4.74. The van der Waals surface area contributed by atoms with Gasteiger partial charge >= 0.3 is 0 Å². The Balaban J connectivity index is 2.37. The Bertz CT molecular complexity index is 611. The molecule has 4 heteroatoms. The molecular formula is C16H17ClN2O. The second-order valence-electron chi connectivity index (χ2n) is 4.44. The Morgan fingerprint density at radius 1 is 1.20 bits per heavy atom. The molecule has 0 spiro atoms. The maximum absolute atomic E-state index is 12.2. The van der Waals surface area contributed by atoms with E-state index in [0.717, 1.165) is 29.7 Å². The summed E-state index contributed by atoms with van der Waals surface area (Å²) in [6, 6.07) is 9.11. The predicted octanol–water partition coefficient (Wildman–Crippen LogP) is 4.11. The van der Waals surface area contributed by atoms with Crippen LogP contribution in [-0.2, 0) is 12.8 Å². The number of aryl methyl sites for hydroxylation is 1. The van der Waals surface area contributed by atoms with Gasteiger partial charge in [0.1, 0.15) is 5.69 Å². The zero-order valence-electron chi connectivity index (χ0n) is 11.6. The second-order valence-corrected chi connectivity index (χ2v) is 4.84. The maximum atomic E-state index is 12.2. The van der Waals surface area contributed by atoms with Gasteiger partial charge in [-0.15, -0.1) is 0 Å². The summed E-state index contributed by atoms with van der Waals surface area (Å²) in [5.74, 6) is -0.211. The van der Waals surface area contributed by atoms with E-state index in [1.165, 1.54) is 0 Å². The maximum Gasteiger partial charge on any atom is 0.274 e. The smallest absolute Gasteiger partial charge is 0.274 e. The highest BCUT2D eigenvalue weighted by Crippen LogP contribution is 2.29. The third kappa shape index (κ3) is 2.99. The molecule has 0 radical (unpaired) electrons. The van der Waals surface area contributed by atoms with Crippen LogP contribution in [0, 0.1) is 0 Å². The van der Waals surface area contributed by atoms with Crippen molar-refractivity contribution < 1.29 is 4.79 Å². The van der Waals surface area contributed by atoms with Crippen LogP contribution in [0.1, 0.15) is 35.5 Å². The molecule has 0 atom stereocenters. The Hall–Kier alpha value is -1.87. The molecule has 1 heterocycles. The van der Waals surface area contributed by atoms with Gasteiger partial charge in [0.2, 0.25) is 0 Å². The average Bonchev–Trinajstić information content (AvgIpc) is 2.48. The van der Waals surface area contributed by atoms with E-state index in [2.05, 4.69) is 17.2 Å². The highest BCUT2D eigenvalue weighted by atomic mass is 35.5. The number of pyridine rings is 1. The molecule has 0 aliphatic heterocycles. The molecule has 1 aromatic heterocycles. The number of nitrogens with zero attached hydrogens (tertiary/aromatic N) is 1. The summed E-state index contributed by atoms with van der Waals surface area (Å²) in [6.45, 7) is 4.08. The van der Waals surface area contributed by atoms with Crippen molar-refractivity contribution in [1.29, 1.82) is 0 Å². The molecule has 2 rings (SSSR count). The van der Waals surface area contributed by atoms with Crippen molar-refractivity contribution in [3.8, 4) is 0 Å². The summed E-state index contributed by atoms with van der Waals surface area (Å²) in [5.41, 5.74) is 3.26. The first-order chi connectivity index (χ1) is 9.67. The van der Waals surface area contributed by atoms with Gasteiger partial charge in [-0.25, -0.2) is 0 Å². The van der Waals surface area contributed by atoms with Crippen LogP contribution in [0.2, 0.25) is 5.02 Å². The minimum Gasteiger partial charge on any atom is -0.320 e. The summed E-state index contributed by atoms with van der Waals surface area (Å²) in [6.07, 6.45) is 3.21. The minimum absolute atomic E-state index is 0.211. The van der Waals surface area contributed by atoms with Crippen molar-refractivity contribution >= 4 is 23.2 Å². The number of amides is 1. The summed E-state index contributed by atoms with van der Waals surface area (Å²) >= 11 is 6.22. The molecule has 0 unspecified atom stereocenters. The van der Waals surface area contributed by atoms with Gasteiger partial charge in [0.25, 0.3) is 5.91 Å². The number of aromatic nitrogens is 1. The average molecular weight is 289 g/mol.